The molecular weight excluding hydrogens is 486 g/mol. The third-order valence-electron chi connectivity index (χ3n) is 6.56. The average Bonchev–Trinajstić information content (AvgIpc) is 3.37. The van der Waals surface area contributed by atoms with Crippen molar-refractivity contribution in [3.05, 3.63) is 96.3 Å². The van der Waals surface area contributed by atoms with Crippen LogP contribution < -0.4 is 15.4 Å². The molecule has 38 heavy (non-hydrogen) atoms. The molecule has 0 saturated carbocycles. The molecule has 3 aromatic heterocycles. The monoisotopic (exact) mass is 512 g/mol. The fourth-order valence-corrected chi connectivity index (χ4v) is 4.59. The second-order valence-corrected chi connectivity index (χ2v) is 9.26. The molecule has 1 aliphatic rings. The summed E-state index contributed by atoms with van der Waals surface area (Å²) in [5, 5.41) is 6.58. The highest BCUT2D eigenvalue weighted by molar-refractivity contribution is 5.69. The average molecular weight is 513 g/mol. The van der Waals surface area contributed by atoms with E-state index in [2.05, 4.69) is 25.6 Å². The van der Waals surface area contributed by atoms with Crippen LogP contribution in [-0.4, -0.2) is 38.5 Å². The molecule has 1 atom stereocenters. The number of nitrogens with one attached hydrogen (secondary N) is 2. The standard InChI is InChI=1S/C29H26F2N6O/c30-21-10-13-25-33-16-24(37(25)17-21)28-35-27(26(31)29(36-28)34-22-7-4-14-32-15-22)20-8-11-23(12-9-20)38-18-19-5-2-1-3-6-19/h1-3,5-6,8-13,16-17,22,32H,4,7,14-15,18H2,(H,34,35,36). The first kappa shape index (κ1) is 24.0. The Morgan fingerprint density at radius 3 is 2.63 bits per heavy atom. The van der Waals surface area contributed by atoms with Gasteiger partial charge in [-0.25, -0.2) is 23.7 Å². The van der Waals surface area contributed by atoms with Gasteiger partial charge in [-0.3, -0.25) is 4.40 Å². The van der Waals surface area contributed by atoms with E-state index in [1.54, 1.807) is 40.9 Å². The second-order valence-electron chi connectivity index (χ2n) is 9.26. The Bertz CT molecular complexity index is 1550. The van der Waals surface area contributed by atoms with E-state index >= 15 is 4.39 Å². The van der Waals surface area contributed by atoms with Crippen LogP contribution in [0, 0.1) is 11.6 Å². The fourth-order valence-electron chi connectivity index (χ4n) is 4.59. The molecule has 1 aliphatic heterocycles. The Balaban J connectivity index is 1.36. The van der Waals surface area contributed by atoms with Crippen molar-refractivity contribution in [2.24, 2.45) is 0 Å². The van der Waals surface area contributed by atoms with Crippen LogP contribution in [-0.2, 0) is 6.61 Å². The molecule has 5 aromatic rings. The van der Waals surface area contributed by atoms with Crippen molar-refractivity contribution in [2.75, 3.05) is 18.4 Å². The molecule has 2 aromatic carbocycles. The van der Waals surface area contributed by atoms with Crippen molar-refractivity contribution in [1.82, 2.24) is 24.7 Å². The maximum atomic E-state index is 15.9. The first-order valence-electron chi connectivity index (χ1n) is 12.6. The van der Waals surface area contributed by atoms with Gasteiger partial charge in [0.05, 0.1) is 6.20 Å². The fraction of sp³-hybridized carbons (Fsp3) is 0.207. The van der Waals surface area contributed by atoms with Crippen molar-refractivity contribution in [3.63, 3.8) is 0 Å². The predicted octanol–water partition coefficient (Wildman–Crippen LogP) is 5.48. The van der Waals surface area contributed by atoms with Gasteiger partial charge in [0.1, 0.15) is 35.2 Å². The molecule has 2 N–H and O–H groups in total. The van der Waals surface area contributed by atoms with Crippen molar-refractivity contribution in [3.8, 4) is 28.5 Å². The summed E-state index contributed by atoms with van der Waals surface area (Å²) in [5.74, 6) is 0.0508. The number of aromatic nitrogens is 4. The Morgan fingerprint density at radius 1 is 1.00 bits per heavy atom. The SMILES string of the molecule is Fc1ccc2ncc(-c3nc(NC4CCCNC4)c(F)c(-c4ccc(OCc5ccccc5)cc4)n3)n2c1. The maximum Gasteiger partial charge on any atom is 0.191 e. The predicted molar refractivity (Wildman–Crippen MR) is 142 cm³/mol. The molecule has 0 amide bonds. The van der Waals surface area contributed by atoms with E-state index in [0.29, 0.717) is 35.8 Å². The minimum absolute atomic E-state index is 0.0299. The molecule has 0 aliphatic carbocycles. The number of anilines is 1. The molecule has 0 spiro atoms. The van der Waals surface area contributed by atoms with E-state index in [4.69, 9.17) is 4.74 Å². The van der Waals surface area contributed by atoms with Gasteiger partial charge in [-0.15, -0.1) is 0 Å². The number of halogens is 2. The van der Waals surface area contributed by atoms with Crippen LogP contribution in [0.4, 0.5) is 14.6 Å². The van der Waals surface area contributed by atoms with Gasteiger partial charge in [0.15, 0.2) is 17.5 Å². The quantitative estimate of drug-likeness (QED) is 0.301. The number of ether oxygens (including phenoxy) is 1. The number of hydrogen-bond donors (Lipinski definition) is 2. The normalized spacial score (nSPS) is 15.5. The van der Waals surface area contributed by atoms with E-state index in [-0.39, 0.29) is 23.4 Å². The molecule has 6 rings (SSSR count). The molecule has 192 valence electrons. The first-order valence-corrected chi connectivity index (χ1v) is 12.6. The summed E-state index contributed by atoms with van der Waals surface area (Å²) < 4.78 is 37.4. The molecule has 0 bridgehead atoms. The number of hydrogen-bond acceptors (Lipinski definition) is 6. The van der Waals surface area contributed by atoms with Crippen LogP contribution in [0.1, 0.15) is 18.4 Å². The van der Waals surface area contributed by atoms with Crippen molar-refractivity contribution < 1.29 is 13.5 Å². The van der Waals surface area contributed by atoms with Gasteiger partial charge < -0.3 is 15.4 Å². The number of fused-ring (bicyclic) bond motifs is 1. The molecule has 1 saturated heterocycles. The summed E-state index contributed by atoms with van der Waals surface area (Å²) >= 11 is 0. The summed E-state index contributed by atoms with van der Waals surface area (Å²) in [4.78, 5) is 13.4. The van der Waals surface area contributed by atoms with E-state index in [1.807, 2.05) is 30.3 Å². The maximum absolute atomic E-state index is 15.9. The molecule has 0 radical (unpaired) electrons. The number of nitrogens with zero attached hydrogens (tertiary/aromatic N) is 4. The highest BCUT2D eigenvalue weighted by Gasteiger charge is 2.22. The van der Waals surface area contributed by atoms with Gasteiger partial charge in [-0.05, 0) is 61.3 Å². The molecular formula is C29H26F2N6O. The summed E-state index contributed by atoms with van der Waals surface area (Å²) in [6.07, 6.45) is 4.77. The van der Waals surface area contributed by atoms with Crippen LogP contribution in [0.2, 0.25) is 0 Å². The van der Waals surface area contributed by atoms with Gasteiger partial charge in [-0.2, -0.15) is 0 Å². The van der Waals surface area contributed by atoms with E-state index in [9.17, 15) is 4.39 Å². The van der Waals surface area contributed by atoms with E-state index < -0.39 is 11.6 Å². The Hall–Kier alpha value is -4.37. The van der Waals surface area contributed by atoms with Gasteiger partial charge >= 0.3 is 0 Å². The Kier molecular flexibility index (Phi) is 6.66. The Labute approximate surface area is 218 Å². The van der Waals surface area contributed by atoms with Gasteiger partial charge in [0.25, 0.3) is 0 Å². The molecule has 9 heteroatoms. The van der Waals surface area contributed by atoms with E-state index in [1.165, 1.54) is 12.3 Å². The van der Waals surface area contributed by atoms with Crippen LogP contribution >= 0.6 is 0 Å². The highest BCUT2D eigenvalue weighted by atomic mass is 19.1. The lowest BCUT2D eigenvalue weighted by molar-refractivity contribution is 0.306. The number of imidazole rings is 1. The third kappa shape index (κ3) is 5.05. The third-order valence-corrected chi connectivity index (χ3v) is 6.56. The lowest BCUT2D eigenvalue weighted by Crippen LogP contribution is -2.38. The topological polar surface area (TPSA) is 76.4 Å². The lowest BCUT2D eigenvalue weighted by Gasteiger charge is -2.25. The number of piperidine rings is 1. The largest absolute Gasteiger partial charge is 0.489 e. The number of benzene rings is 2. The number of pyridine rings is 1. The smallest absolute Gasteiger partial charge is 0.191 e. The zero-order chi connectivity index (χ0) is 25.9. The highest BCUT2D eigenvalue weighted by Crippen LogP contribution is 2.31. The van der Waals surface area contributed by atoms with Crippen LogP contribution in [0.25, 0.3) is 28.4 Å². The summed E-state index contributed by atoms with van der Waals surface area (Å²) in [6.45, 7) is 2.08. The van der Waals surface area contributed by atoms with Crippen LogP contribution in [0.3, 0.4) is 0 Å². The summed E-state index contributed by atoms with van der Waals surface area (Å²) in [5.41, 5.74) is 2.78. The summed E-state index contributed by atoms with van der Waals surface area (Å²) in [6, 6.07) is 20.0. The second kappa shape index (κ2) is 10.5. The first-order chi connectivity index (χ1) is 18.6. The van der Waals surface area contributed by atoms with Crippen molar-refractivity contribution in [2.45, 2.75) is 25.5 Å². The van der Waals surface area contributed by atoms with Crippen molar-refractivity contribution in [1.29, 1.82) is 0 Å². The van der Waals surface area contributed by atoms with Gasteiger partial charge in [0.2, 0.25) is 0 Å². The zero-order valence-corrected chi connectivity index (χ0v) is 20.6. The van der Waals surface area contributed by atoms with Crippen molar-refractivity contribution >= 4 is 11.5 Å². The molecule has 7 nitrogen and oxygen atoms in total. The molecule has 1 unspecified atom stereocenters. The number of rotatable bonds is 7. The lowest BCUT2D eigenvalue weighted by atomic mass is 10.1. The van der Waals surface area contributed by atoms with Crippen LogP contribution in [0.5, 0.6) is 5.75 Å². The summed E-state index contributed by atoms with van der Waals surface area (Å²) in [7, 11) is 0. The molecule has 1 fully saturated rings. The minimum Gasteiger partial charge on any atom is -0.489 e. The Morgan fingerprint density at radius 2 is 1.84 bits per heavy atom. The van der Waals surface area contributed by atoms with E-state index in [0.717, 1.165) is 24.9 Å². The molecule has 4 heterocycles. The minimum atomic E-state index is -0.544. The zero-order valence-electron chi connectivity index (χ0n) is 20.6. The van der Waals surface area contributed by atoms with Gasteiger partial charge in [0, 0.05) is 24.3 Å². The van der Waals surface area contributed by atoms with Gasteiger partial charge in [-0.1, -0.05) is 30.3 Å². The van der Waals surface area contributed by atoms with Crippen LogP contribution in [0.15, 0.2) is 79.1 Å².